The second kappa shape index (κ2) is 5.46. The Labute approximate surface area is 127 Å². The number of nitrogens with two attached hydrogens (primary N) is 1. The summed E-state index contributed by atoms with van der Waals surface area (Å²) in [6, 6.07) is 0. The molecule has 0 aromatic carbocycles. The van der Waals surface area contributed by atoms with E-state index in [1.54, 1.807) is 25.9 Å². The molecule has 0 radical (unpaired) electrons. The Morgan fingerprint density at radius 1 is 1.55 bits per heavy atom. The Morgan fingerprint density at radius 3 is 2.65 bits per heavy atom. The van der Waals surface area contributed by atoms with Gasteiger partial charge in [0.15, 0.2) is 0 Å². The Morgan fingerprint density at radius 2 is 2.20 bits per heavy atom. The average Bonchev–Trinajstić information content (AvgIpc) is 2.88. The van der Waals surface area contributed by atoms with Crippen LogP contribution >= 0.6 is 23.1 Å². The first-order valence-corrected chi connectivity index (χ1v) is 8.46. The van der Waals surface area contributed by atoms with Crippen molar-refractivity contribution >= 4 is 39.7 Å². The summed E-state index contributed by atoms with van der Waals surface area (Å²) in [5.74, 6) is -0.0694. The highest BCUT2D eigenvalue weighted by molar-refractivity contribution is 7.99. The van der Waals surface area contributed by atoms with E-state index in [2.05, 4.69) is 4.90 Å². The van der Waals surface area contributed by atoms with Crippen molar-refractivity contribution in [2.24, 2.45) is 0 Å². The first-order valence-electron chi connectivity index (χ1n) is 6.42. The van der Waals surface area contributed by atoms with Gasteiger partial charge in [-0.3, -0.25) is 4.79 Å². The second-order valence-corrected chi connectivity index (χ2v) is 7.37. The van der Waals surface area contributed by atoms with Crippen molar-refractivity contribution in [2.75, 3.05) is 44.1 Å². The molecule has 112 valence electrons. The third-order valence-corrected chi connectivity index (χ3v) is 5.63. The highest BCUT2D eigenvalue weighted by Gasteiger charge is 2.34. The SMILES string of the molecule is CSc1c(N2CCC(C)(O)C2)sc(C(=O)N(C)C)c1N. The van der Waals surface area contributed by atoms with E-state index >= 15 is 0 Å². The molecular weight excluding hydrogens is 294 g/mol. The van der Waals surface area contributed by atoms with Crippen LogP contribution < -0.4 is 10.6 Å². The molecule has 1 saturated heterocycles. The van der Waals surface area contributed by atoms with E-state index in [0.717, 1.165) is 22.9 Å². The number of amides is 1. The fourth-order valence-electron chi connectivity index (χ4n) is 2.30. The first-order chi connectivity index (χ1) is 9.26. The number of aliphatic hydroxyl groups is 1. The van der Waals surface area contributed by atoms with E-state index in [1.807, 2.05) is 13.2 Å². The predicted molar refractivity (Wildman–Crippen MR) is 86.0 cm³/mol. The van der Waals surface area contributed by atoms with Gasteiger partial charge in [0.2, 0.25) is 0 Å². The molecule has 1 amide bonds. The Hall–Kier alpha value is -0.920. The third kappa shape index (κ3) is 2.75. The lowest BCUT2D eigenvalue weighted by molar-refractivity contribution is 0.0829. The Kier molecular flexibility index (Phi) is 4.22. The van der Waals surface area contributed by atoms with Crippen LogP contribution in [-0.2, 0) is 0 Å². The quantitative estimate of drug-likeness (QED) is 0.831. The van der Waals surface area contributed by atoms with Crippen molar-refractivity contribution < 1.29 is 9.90 Å². The zero-order valence-electron chi connectivity index (χ0n) is 12.3. The largest absolute Gasteiger partial charge is 0.396 e. The monoisotopic (exact) mass is 315 g/mol. The van der Waals surface area contributed by atoms with Crippen LogP contribution in [0.25, 0.3) is 0 Å². The molecule has 3 N–H and O–H groups in total. The molecule has 0 bridgehead atoms. The zero-order valence-corrected chi connectivity index (χ0v) is 13.9. The maximum absolute atomic E-state index is 12.2. The van der Waals surface area contributed by atoms with E-state index in [1.165, 1.54) is 16.2 Å². The lowest BCUT2D eigenvalue weighted by Crippen LogP contribution is -2.29. The van der Waals surface area contributed by atoms with Gasteiger partial charge < -0.3 is 20.6 Å². The normalized spacial score (nSPS) is 22.4. The molecule has 0 saturated carbocycles. The number of carbonyl (C=O) groups excluding carboxylic acids is 1. The molecule has 1 aliphatic heterocycles. The number of carbonyl (C=O) groups is 1. The summed E-state index contributed by atoms with van der Waals surface area (Å²) in [4.78, 5) is 17.4. The summed E-state index contributed by atoms with van der Waals surface area (Å²) in [7, 11) is 3.45. The van der Waals surface area contributed by atoms with Crippen LogP contribution in [0.5, 0.6) is 0 Å². The molecule has 2 heterocycles. The number of anilines is 2. The minimum absolute atomic E-state index is 0.0694. The molecule has 7 heteroatoms. The minimum Gasteiger partial charge on any atom is -0.396 e. The van der Waals surface area contributed by atoms with E-state index in [9.17, 15) is 9.90 Å². The van der Waals surface area contributed by atoms with Crippen molar-refractivity contribution in [2.45, 2.75) is 23.8 Å². The number of nitrogens with zero attached hydrogens (tertiary/aromatic N) is 2. The smallest absolute Gasteiger partial charge is 0.265 e. The van der Waals surface area contributed by atoms with Crippen LogP contribution in [-0.4, -0.2) is 55.0 Å². The van der Waals surface area contributed by atoms with Crippen LogP contribution in [0.1, 0.15) is 23.0 Å². The van der Waals surface area contributed by atoms with Crippen LogP contribution in [0.4, 0.5) is 10.7 Å². The number of β-amino-alcohol motifs (C(OH)–C–C–N with tert-alkyl or cyclic N) is 1. The molecular formula is C13H21N3O2S2. The highest BCUT2D eigenvalue weighted by atomic mass is 32.2. The summed E-state index contributed by atoms with van der Waals surface area (Å²) in [6.45, 7) is 3.21. The summed E-state index contributed by atoms with van der Waals surface area (Å²) in [5, 5.41) is 11.1. The highest BCUT2D eigenvalue weighted by Crippen LogP contribution is 2.45. The predicted octanol–water partition coefficient (Wildman–Crippen LogP) is 1.72. The Balaban J connectivity index is 2.39. The van der Waals surface area contributed by atoms with Crippen LogP contribution in [0.2, 0.25) is 0 Å². The minimum atomic E-state index is -0.667. The fraction of sp³-hybridized carbons (Fsp3) is 0.615. The van der Waals surface area contributed by atoms with Gasteiger partial charge in [0.05, 0.1) is 16.2 Å². The van der Waals surface area contributed by atoms with Gasteiger partial charge >= 0.3 is 0 Å². The molecule has 0 aliphatic carbocycles. The molecule has 1 aliphatic rings. The number of rotatable bonds is 3. The van der Waals surface area contributed by atoms with Crippen LogP contribution in [0, 0.1) is 0 Å². The van der Waals surface area contributed by atoms with Crippen molar-refractivity contribution in [3.05, 3.63) is 4.88 Å². The fourth-order valence-corrected chi connectivity index (χ4v) is 4.53. The number of nitrogen functional groups attached to an aromatic ring is 1. The topological polar surface area (TPSA) is 69.8 Å². The summed E-state index contributed by atoms with van der Waals surface area (Å²) in [5.41, 5.74) is 6.03. The van der Waals surface area contributed by atoms with Gasteiger partial charge in [-0.05, 0) is 19.6 Å². The van der Waals surface area contributed by atoms with E-state index in [0.29, 0.717) is 17.1 Å². The van der Waals surface area contributed by atoms with Gasteiger partial charge in [0, 0.05) is 27.2 Å². The van der Waals surface area contributed by atoms with Gasteiger partial charge in [-0.2, -0.15) is 0 Å². The number of thiophene rings is 1. The molecule has 0 spiro atoms. The average molecular weight is 315 g/mol. The second-order valence-electron chi connectivity index (χ2n) is 5.55. The molecule has 1 aromatic rings. The third-order valence-electron chi connectivity index (χ3n) is 3.43. The summed E-state index contributed by atoms with van der Waals surface area (Å²) < 4.78 is 0. The molecule has 1 aromatic heterocycles. The lowest BCUT2D eigenvalue weighted by Gasteiger charge is -2.20. The van der Waals surface area contributed by atoms with E-state index < -0.39 is 5.60 Å². The van der Waals surface area contributed by atoms with Gasteiger partial charge in [0.25, 0.3) is 5.91 Å². The lowest BCUT2D eigenvalue weighted by atomic mass is 10.1. The number of thioether (sulfide) groups is 1. The molecule has 1 fully saturated rings. The summed E-state index contributed by atoms with van der Waals surface area (Å²) in [6.07, 6.45) is 2.69. The number of hydrogen-bond acceptors (Lipinski definition) is 6. The van der Waals surface area contributed by atoms with E-state index in [4.69, 9.17) is 5.73 Å². The molecule has 1 atom stereocenters. The maximum Gasteiger partial charge on any atom is 0.265 e. The standard InChI is InChI=1S/C13H21N3O2S2/c1-13(18)5-6-16(7-13)12-10(19-4)8(14)9(20-12)11(17)15(2)3/h18H,5-7,14H2,1-4H3. The van der Waals surface area contributed by atoms with Crippen molar-refractivity contribution in [3.8, 4) is 0 Å². The zero-order chi connectivity index (χ0) is 15.1. The van der Waals surface area contributed by atoms with Gasteiger partial charge in [-0.1, -0.05) is 0 Å². The van der Waals surface area contributed by atoms with Gasteiger partial charge in [-0.25, -0.2) is 0 Å². The summed E-state index contributed by atoms with van der Waals surface area (Å²) >= 11 is 2.97. The van der Waals surface area contributed by atoms with Gasteiger partial charge in [0.1, 0.15) is 9.88 Å². The van der Waals surface area contributed by atoms with Crippen LogP contribution in [0.3, 0.4) is 0 Å². The van der Waals surface area contributed by atoms with Gasteiger partial charge in [-0.15, -0.1) is 23.1 Å². The van der Waals surface area contributed by atoms with Crippen LogP contribution in [0.15, 0.2) is 4.90 Å². The molecule has 20 heavy (non-hydrogen) atoms. The Bertz CT molecular complexity index is 526. The number of hydrogen-bond donors (Lipinski definition) is 2. The molecule has 1 unspecified atom stereocenters. The maximum atomic E-state index is 12.2. The molecule has 5 nitrogen and oxygen atoms in total. The van der Waals surface area contributed by atoms with Crippen molar-refractivity contribution in [1.82, 2.24) is 4.90 Å². The van der Waals surface area contributed by atoms with Crippen molar-refractivity contribution in [3.63, 3.8) is 0 Å². The van der Waals surface area contributed by atoms with E-state index in [-0.39, 0.29) is 5.91 Å². The van der Waals surface area contributed by atoms with Crippen molar-refractivity contribution in [1.29, 1.82) is 0 Å². The molecule has 2 rings (SSSR count). The first kappa shape index (κ1) is 15.5.